The molecule has 0 aliphatic carbocycles. The first-order valence-electron chi connectivity index (χ1n) is 9.47. The molecule has 4 heteroatoms. The number of methoxy groups -OCH3 is 1. The van der Waals surface area contributed by atoms with E-state index in [0.717, 1.165) is 42.8 Å². The fourth-order valence-electron chi connectivity index (χ4n) is 4.05. The number of benzene rings is 2. The molecule has 1 atom stereocenters. The van der Waals surface area contributed by atoms with Gasteiger partial charge >= 0.3 is 0 Å². The predicted octanol–water partition coefficient (Wildman–Crippen LogP) is 3.56. The maximum atomic E-state index is 13.6. The first kappa shape index (κ1) is 18.5. The van der Waals surface area contributed by atoms with Crippen LogP contribution in [0, 0.1) is 0 Å². The van der Waals surface area contributed by atoms with Crippen LogP contribution in [0.5, 0.6) is 5.75 Å². The number of carbonyl (C=O) groups is 1. The number of carbonyl (C=O) groups excluding carboxylic acids is 1. The van der Waals surface area contributed by atoms with Crippen LogP contribution in [-0.2, 0) is 10.3 Å². The molecule has 3 rings (SSSR count). The lowest BCUT2D eigenvalue weighted by atomic mass is 9.78. The summed E-state index contributed by atoms with van der Waals surface area (Å²) in [5.74, 6) is 0.755. The highest BCUT2D eigenvalue weighted by Gasteiger charge is 2.48. The van der Waals surface area contributed by atoms with Crippen molar-refractivity contribution in [2.45, 2.75) is 31.7 Å². The number of likely N-dealkylation sites (N-methyl/N-ethyl adjacent to an activating group) is 1. The van der Waals surface area contributed by atoms with Crippen molar-refractivity contribution in [2.24, 2.45) is 0 Å². The van der Waals surface area contributed by atoms with E-state index >= 15 is 0 Å². The van der Waals surface area contributed by atoms with Gasteiger partial charge in [-0.25, -0.2) is 0 Å². The third kappa shape index (κ3) is 3.21. The monoisotopic (exact) mass is 352 g/mol. The standard InChI is InChI=1S/C22H28N2O2/c1-3-23-21(25)22(18-12-6-4-7-13-18,24-16-10-5-11-17-24)19-14-8-9-15-20(19)26-2/h4,6-9,12-15H,3,5,10-11,16-17H2,1-2H3,(H,23,25). The Labute approximate surface area is 156 Å². The van der Waals surface area contributed by atoms with E-state index in [1.54, 1.807) is 7.11 Å². The molecule has 1 heterocycles. The van der Waals surface area contributed by atoms with Crippen LogP contribution in [0.1, 0.15) is 37.3 Å². The van der Waals surface area contributed by atoms with Crippen LogP contribution < -0.4 is 10.1 Å². The Morgan fingerprint density at radius 1 is 1.04 bits per heavy atom. The number of para-hydroxylation sites is 1. The topological polar surface area (TPSA) is 41.6 Å². The van der Waals surface area contributed by atoms with Gasteiger partial charge in [-0.05, 0) is 44.5 Å². The van der Waals surface area contributed by atoms with Crippen molar-refractivity contribution < 1.29 is 9.53 Å². The molecule has 0 radical (unpaired) electrons. The van der Waals surface area contributed by atoms with E-state index in [4.69, 9.17) is 4.74 Å². The minimum Gasteiger partial charge on any atom is -0.496 e. The van der Waals surface area contributed by atoms with Gasteiger partial charge in [0, 0.05) is 12.1 Å². The minimum atomic E-state index is -0.885. The van der Waals surface area contributed by atoms with Gasteiger partial charge in [-0.1, -0.05) is 55.0 Å². The molecule has 1 amide bonds. The molecule has 0 bridgehead atoms. The second-order valence-electron chi connectivity index (χ2n) is 6.68. The Kier molecular flexibility index (Phi) is 5.94. The summed E-state index contributed by atoms with van der Waals surface area (Å²) in [4.78, 5) is 16.0. The zero-order valence-corrected chi connectivity index (χ0v) is 15.7. The van der Waals surface area contributed by atoms with Gasteiger partial charge in [0.15, 0.2) is 5.54 Å². The highest BCUT2D eigenvalue weighted by Crippen LogP contribution is 2.42. The molecule has 1 fully saturated rings. The number of piperidine rings is 1. The fourth-order valence-corrected chi connectivity index (χ4v) is 4.05. The minimum absolute atomic E-state index is 0.0117. The molecular formula is C22H28N2O2. The average molecular weight is 352 g/mol. The second-order valence-corrected chi connectivity index (χ2v) is 6.68. The predicted molar refractivity (Wildman–Crippen MR) is 104 cm³/mol. The van der Waals surface area contributed by atoms with E-state index in [9.17, 15) is 4.79 Å². The Morgan fingerprint density at radius 2 is 1.69 bits per heavy atom. The van der Waals surface area contributed by atoms with Crippen LogP contribution in [0.25, 0.3) is 0 Å². The fraction of sp³-hybridized carbons (Fsp3) is 0.409. The lowest BCUT2D eigenvalue weighted by Gasteiger charge is -2.45. The quantitative estimate of drug-likeness (QED) is 0.864. The molecule has 2 aromatic rings. The maximum absolute atomic E-state index is 13.6. The van der Waals surface area contributed by atoms with Crippen molar-refractivity contribution in [2.75, 3.05) is 26.7 Å². The second kappa shape index (κ2) is 8.37. The smallest absolute Gasteiger partial charge is 0.249 e. The van der Waals surface area contributed by atoms with E-state index in [-0.39, 0.29) is 5.91 Å². The number of amides is 1. The molecule has 0 saturated carbocycles. The molecule has 1 unspecified atom stereocenters. The Morgan fingerprint density at radius 3 is 2.35 bits per heavy atom. The average Bonchev–Trinajstić information content (AvgIpc) is 2.71. The first-order valence-corrected chi connectivity index (χ1v) is 9.47. The Balaban J connectivity index is 2.28. The van der Waals surface area contributed by atoms with E-state index < -0.39 is 5.54 Å². The van der Waals surface area contributed by atoms with Crippen molar-refractivity contribution in [3.8, 4) is 5.75 Å². The van der Waals surface area contributed by atoms with Gasteiger partial charge in [0.1, 0.15) is 5.75 Å². The van der Waals surface area contributed by atoms with Crippen LogP contribution in [0.4, 0.5) is 0 Å². The number of nitrogens with zero attached hydrogens (tertiary/aromatic N) is 1. The lowest BCUT2D eigenvalue weighted by molar-refractivity contribution is -0.132. The summed E-state index contributed by atoms with van der Waals surface area (Å²) in [5, 5.41) is 3.10. The van der Waals surface area contributed by atoms with Crippen molar-refractivity contribution >= 4 is 5.91 Å². The Hall–Kier alpha value is -2.33. The first-order chi connectivity index (χ1) is 12.7. The molecular weight excluding hydrogens is 324 g/mol. The van der Waals surface area contributed by atoms with E-state index in [1.165, 1.54) is 6.42 Å². The Bertz CT molecular complexity index is 726. The highest BCUT2D eigenvalue weighted by molar-refractivity contribution is 5.92. The number of likely N-dealkylation sites (tertiary alicyclic amines) is 1. The largest absolute Gasteiger partial charge is 0.496 e. The normalized spacial score (nSPS) is 17.3. The number of hydrogen-bond donors (Lipinski definition) is 1. The summed E-state index contributed by atoms with van der Waals surface area (Å²) >= 11 is 0. The highest BCUT2D eigenvalue weighted by atomic mass is 16.5. The lowest BCUT2D eigenvalue weighted by Crippen LogP contribution is -2.58. The van der Waals surface area contributed by atoms with Crippen LogP contribution >= 0.6 is 0 Å². The molecule has 4 nitrogen and oxygen atoms in total. The molecule has 1 aliphatic heterocycles. The summed E-state index contributed by atoms with van der Waals surface area (Å²) < 4.78 is 5.69. The third-order valence-electron chi connectivity index (χ3n) is 5.18. The van der Waals surface area contributed by atoms with Crippen LogP contribution in [0.15, 0.2) is 54.6 Å². The van der Waals surface area contributed by atoms with Crippen LogP contribution in [0.2, 0.25) is 0 Å². The molecule has 138 valence electrons. The summed E-state index contributed by atoms with van der Waals surface area (Å²) in [7, 11) is 1.67. The molecule has 0 aromatic heterocycles. The molecule has 0 spiro atoms. The number of nitrogens with one attached hydrogen (secondary N) is 1. The van der Waals surface area contributed by atoms with Crippen molar-refractivity contribution in [3.05, 3.63) is 65.7 Å². The van der Waals surface area contributed by atoms with Crippen molar-refractivity contribution in [1.29, 1.82) is 0 Å². The van der Waals surface area contributed by atoms with Gasteiger partial charge in [-0.2, -0.15) is 0 Å². The molecule has 1 aliphatic rings. The van der Waals surface area contributed by atoms with E-state index in [2.05, 4.69) is 22.3 Å². The van der Waals surface area contributed by atoms with Crippen LogP contribution in [0.3, 0.4) is 0 Å². The number of hydrogen-bond acceptors (Lipinski definition) is 3. The van der Waals surface area contributed by atoms with Gasteiger partial charge < -0.3 is 10.1 Å². The summed E-state index contributed by atoms with van der Waals surface area (Å²) in [6, 6.07) is 18.0. The van der Waals surface area contributed by atoms with E-state index in [0.29, 0.717) is 6.54 Å². The van der Waals surface area contributed by atoms with Gasteiger partial charge in [0.2, 0.25) is 5.91 Å². The van der Waals surface area contributed by atoms with Crippen LogP contribution in [-0.4, -0.2) is 37.6 Å². The third-order valence-corrected chi connectivity index (χ3v) is 5.18. The SMILES string of the molecule is CCNC(=O)C(c1ccccc1)(c1ccccc1OC)N1CCCCC1. The summed E-state index contributed by atoms with van der Waals surface area (Å²) in [6.45, 7) is 4.34. The zero-order chi connectivity index (χ0) is 18.4. The van der Waals surface area contributed by atoms with Crippen molar-refractivity contribution in [3.63, 3.8) is 0 Å². The number of ether oxygens (including phenoxy) is 1. The zero-order valence-electron chi connectivity index (χ0n) is 15.7. The number of rotatable bonds is 6. The van der Waals surface area contributed by atoms with Crippen molar-refractivity contribution in [1.82, 2.24) is 10.2 Å². The molecule has 1 saturated heterocycles. The maximum Gasteiger partial charge on any atom is 0.249 e. The summed E-state index contributed by atoms with van der Waals surface area (Å²) in [6.07, 6.45) is 3.41. The molecule has 26 heavy (non-hydrogen) atoms. The van der Waals surface area contributed by atoms with Gasteiger partial charge in [0.25, 0.3) is 0 Å². The molecule has 1 N–H and O–H groups in total. The molecule has 2 aromatic carbocycles. The van der Waals surface area contributed by atoms with E-state index in [1.807, 2.05) is 49.4 Å². The van der Waals surface area contributed by atoms with Gasteiger partial charge in [0.05, 0.1) is 7.11 Å². The van der Waals surface area contributed by atoms with Gasteiger partial charge in [-0.3, -0.25) is 9.69 Å². The van der Waals surface area contributed by atoms with Gasteiger partial charge in [-0.15, -0.1) is 0 Å². The summed E-state index contributed by atoms with van der Waals surface area (Å²) in [5.41, 5.74) is 1.00.